The zero-order valence-corrected chi connectivity index (χ0v) is 19.9. The summed E-state index contributed by atoms with van der Waals surface area (Å²) >= 11 is 1.64. The lowest BCUT2D eigenvalue weighted by Crippen LogP contribution is -2.27. The van der Waals surface area contributed by atoms with Gasteiger partial charge in [0, 0.05) is 36.1 Å². The number of hydrogen-bond donors (Lipinski definition) is 1. The summed E-state index contributed by atoms with van der Waals surface area (Å²) in [6, 6.07) is 22.6. The van der Waals surface area contributed by atoms with Crippen LogP contribution >= 0.6 is 11.3 Å². The van der Waals surface area contributed by atoms with Crippen molar-refractivity contribution in [2.24, 2.45) is 5.92 Å². The molecule has 0 spiro atoms. The molecule has 1 N–H and O–H groups in total. The molecule has 3 aromatic carbocycles. The Morgan fingerprint density at radius 2 is 1.85 bits per heavy atom. The number of carbonyl (C=O) groups is 1. The van der Waals surface area contributed by atoms with Crippen LogP contribution in [0.2, 0.25) is 0 Å². The maximum Gasteiger partial charge on any atom is 0.251 e. The van der Waals surface area contributed by atoms with Gasteiger partial charge in [-0.3, -0.25) is 4.79 Å². The van der Waals surface area contributed by atoms with Gasteiger partial charge >= 0.3 is 0 Å². The van der Waals surface area contributed by atoms with Gasteiger partial charge in [0.2, 0.25) is 0 Å². The van der Waals surface area contributed by atoms with Crippen LogP contribution in [0.4, 0.5) is 5.13 Å². The van der Waals surface area contributed by atoms with E-state index in [4.69, 9.17) is 4.98 Å². The number of carbonyl (C=O) groups excluding carboxylic acids is 1. The summed E-state index contributed by atoms with van der Waals surface area (Å²) < 4.78 is 0. The van der Waals surface area contributed by atoms with Crippen molar-refractivity contribution in [3.8, 4) is 11.3 Å². The van der Waals surface area contributed by atoms with Gasteiger partial charge in [-0.25, -0.2) is 4.98 Å². The lowest BCUT2D eigenvalue weighted by atomic mass is 10.1. The second-order valence-corrected chi connectivity index (χ2v) is 9.38. The molecule has 1 aromatic heterocycles. The number of anilines is 1. The minimum atomic E-state index is -0.0295. The van der Waals surface area contributed by atoms with Crippen molar-refractivity contribution in [1.82, 2.24) is 10.3 Å². The first-order chi connectivity index (χ1) is 16.0. The summed E-state index contributed by atoms with van der Waals surface area (Å²) in [6.45, 7) is 10.2. The smallest absolute Gasteiger partial charge is 0.251 e. The van der Waals surface area contributed by atoms with Crippen molar-refractivity contribution >= 4 is 33.1 Å². The van der Waals surface area contributed by atoms with Gasteiger partial charge in [-0.2, -0.15) is 0 Å². The number of rotatable bonds is 9. The summed E-state index contributed by atoms with van der Waals surface area (Å²) in [5, 5.41) is 8.47. The van der Waals surface area contributed by atoms with Crippen molar-refractivity contribution in [2.45, 2.75) is 20.4 Å². The molecule has 0 atom stereocenters. The number of nitrogens with zero attached hydrogens (tertiary/aromatic N) is 2. The molecule has 0 unspecified atom stereocenters. The van der Waals surface area contributed by atoms with Crippen molar-refractivity contribution in [2.75, 3.05) is 18.0 Å². The third kappa shape index (κ3) is 5.68. The van der Waals surface area contributed by atoms with Crippen LogP contribution in [-0.2, 0) is 6.54 Å². The number of hydrogen-bond acceptors (Lipinski definition) is 4. The van der Waals surface area contributed by atoms with E-state index in [1.165, 1.54) is 10.8 Å². The molecule has 1 heterocycles. The molecule has 0 fully saturated rings. The average molecular weight is 456 g/mol. The van der Waals surface area contributed by atoms with E-state index in [9.17, 15) is 4.79 Å². The van der Waals surface area contributed by atoms with Crippen LogP contribution in [0.5, 0.6) is 0 Å². The Balaban J connectivity index is 1.49. The van der Waals surface area contributed by atoms with Crippen LogP contribution in [0.15, 0.2) is 84.8 Å². The topological polar surface area (TPSA) is 45.2 Å². The Kier molecular flexibility index (Phi) is 7.20. The van der Waals surface area contributed by atoms with Crippen LogP contribution in [0.25, 0.3) is 22.0 Å². The molecule has 4 aromatic rings. The number of amides is 1. The van der Waals surface area contributed by atoms with E-state index in [1.54, 1.807) is 11.3 Å². The first-order valence-electron chi connectivity index (χ1n) is 11.2. The van der Waals surface area contributed by atoms with Gasteiger partial charge in [0.25, 0.3) is 5.91 Å². The zero-order valence-electron chi connectivity index (χ0n) is 19.1. The van der Waals surface area contributed by atoms with Crippen LogP contribution in [0.1, 0.15) is 29.8 Å². The molecular formula is C28H29N3OS. The molecule has 0 saturated carbocycles. The largest absolute Gasteiger partial charge is 0.352 e. The molecule has 0 bridgehead atoms. The Labute approximate surface area is 199 Å². The third-order valence-electron chi connectivity index (χ3n) is 5.42. The summed E-state index contributed by atoms with van der Waals surface area (Å²) in [6.07, 6.45) is 1.89. The highest BCUT2D eigenvalue weighted by molar-refractivity contribution is 7.14. The average Bonchev–Trinajstić information content (AvgIpc) is 3.33. The minimum absolute atomic E-state index is 0.0295. The molecule has 0 aliphatic heterocycles. The quantitative estimate of drug-likeness (QED) is 0.291. The van der Waals surface area contributed by atoms with Gasteiger partial charge in [-0.1, -0.05) is 68.5 Å². The van der Waals surface area contributed by atoms with E-state index < -0.39 is 0 Å². The van der Waals surface area contributed by atoms with Crippen molar-refractivity contribution in [1.29, 1.82) is 0 Å². The maximum absolute atomic E-state index is 12.3. The number of nitrogens with one attached hydrogen (secondary N) is 1. The molecule has 4 nitrogen and oxygen atoms in total. The number of thiazole rings is 1. The molecule has 33 heavy (non-hydrogen) atoms. The normalized spacial score (nSPS) is 11.0. The van der Waals surface area contributed by atoms with E-state index in [0.717, 1.165) is 22.0 Å². The number of aromatic nitrogens is 1. The van der Waals surface area contributed by atoms with Crippen LogP contribution in [-0.4, -0.2) is 24.0 Å². The first-order valence-corrected chi connectivity index (χ1v) is 12.1. The highest BCUT2D eigenvalue weighted by Gasteiger charge is 2.13. The van der Waals surface area contributed by atoms with Crippen molar-refractivity contribution < 1.29 is 4.79 Å². The lowest BCUT2D eigenvalue weighted by Gasteiger charge is -2.20. The van der Waals surface area contributed by atoms with Crippen LogP contribution in [0.3, 0.4) is 0 Å². The van der Waals surface area contributed by atoms with E-state index in [2.05, 4.69) is 78.5 Å². The highest BCUT2D eigenvalue weighted by atomic mass is 32.1. The fraction of sp³-hybridized carbons (Fsp3) is 0.214. The van der Waals surface area contributed by atoms with Crippen LogP contribution < -0.4 is 10.2 Å². The van der Waals surface area contributed by atoms with E-state index in [0.29, 0.717) is 31.1 Å². The summed E-state index contributed by atoms with van der Waals surface area (Å²) in [5.74, 6) is 0.400. The number of fused-ring (bicyclic) bond motifs is 1. The Morgan fingerprint density at radius 3 is 2.58 bits per heavy atom. The fourth-order valence-electron chi connectivity index (χ4n) is 3.64. The second-order valence-electron chi connectivity index (χ2n) is 8.55. The fourth-order valence-corrected chi connectivity index (χ4v) is 4.48. The number of benzene rings is 3. The molecule has 0 saturated heterocycles. The molecular weight excluding hydrogens is 426 g/mol. The van der Waals surface area contributed by atoms with Gasteiger partial charge in [-0.05, 0) is 40.5 Å². The van der Waals surface area contributed by atoms with Gasteiger partial charge in [0.15, 0.2) is 5.13 Å². The molecule has 168 valence electrons. The molecule has 1 amide bonds. The van der Waals surface area contributed by atoms with Crippen LogP contribution in [0, 0.1) is 5.92 Å². The zero-order chi connectivity index (χ0) is 23.2. The Bertz CT molecular complexity index is 1240. The Hall–Kier alpha value is -3.44. The summed E-state index contributed by atoms with van der Waals surface area (Å²) in [7, 11) is 0. The van der Waals surface area contributed by atoms with E-state index in [1.807, 2.05) is 30.3 Å². The van der Waals surface area contributed by atoms with Gasteiger partial charge in [-0.15, -0.1) is 17.9 Å². The highest BCUT2D eigenvalue weighted by Crippen LogP contribution is 2.30. The van der Waals surface area contributed by atoms with Gasteiger partial charge in [0.1, 0.15) is 0 Å². The lowest BCUT2D eigenvalue weighted by molar-refractivity contribution is 0.0949. The minimum Gasteiger partial charge on any atom is -0.352 e. The molecule has 0 aliphatic carbocycles. The van der Waals surface area contributed by atoms with Crippen molar-refractivity contribution in [3.05, 3.63) is 95.9 Å². The Morgan fingerprint density at radius 1 is 1.09 bits per heavy atom. The molecule has 0 radical (unpaired) electrons. The maximum atomic E-state index is 12.3. The SMILES string of the molecule is C=CCN(Cc1ccc(C(=O)NCC(C)C)cc1)c1nc(-c2ccc3ccccc3c2)cs1. The van der Waals surface area contributed by atoms with Gasteiger partial charge in [0.05, 0.1) is 5.69 Å². The standard InChI is InChI=1S/C28H29N3OS/c1-4-15-31(18-21-9-11-23(12-10-21)27(32)29-17-20(2)3)28-30-26(19-33-28)25-14-13-22-7-5-6-8-24(22)16-25/h4-14,16,19-20H,1,15,17-18H2,2-3H3,(H,29,32). The first kappa shape index (κ1) is 22.7. The molecule has 0 aliphatic rings. The van der Waals surface area contributed by atoms with Crippen molar-refractivity contribution in [3.63, 3.8) is 0 Å². The van der Waals surface area contributed by atoms with Gasteiger partial charge < -0.3 is 10.2 Å². The molecule has 5 heteroatoms. The summed E-state index contributed by atoms with van der Waals surface area (Å²) in [4.78, 5) is 19.4. The predicted molar refractivity (Wildman–Crippen MR) is 140 cm³/mol. The van der Waals surface area contributed by atoms with E-state index >= 15 is 0 Å². The summed E-state index contributed by atoms with van der Waals surface area (Å²) in [5.41, 5.74) is 3.90. The second kappa shape index (κ2) is 10.5. The predicted octanol–water partition coefficient (Wildman–Crippen LogP) is 6.54. The monoisotopic (exact) mass is 455 g/mol. The third-order valence-corrected chi connectivity index (χ3v) is 6.32. The van der Waals surface area contributed by atoms with E-state index in [-0.39, 0.29) is 5.91 Å². The molecule has 4 rings (SSSR count).